The van der Waals surface area contributed by atoms with Crippen molar-refractivity contribution < 1.29 is 14.4 Å². The highest BCUT2D eigenvalue weighted by Gasteiger charge is 2.39. The average Bonchev–Trinajstić information content (AvgIpc) is 3.58. The highest BCUT2D eigenvalue weighted by Crippen LogP contribution is 2.40. The first kappa shape index (κ1) is 22.6. The Labute approximate surface area is 214 Å². The number of nitrogens with zero attached hydrogens (tertiary/aromatic N) is 4. The molecule has 0 radical (unpaired) electrons. The average molecular weight is 499 g/mol. The van der Waals surface area contributed by atoms with Gasteiger partial charge in [0.05, 0.1) is 16.9 Å². The fourth-order valence-electron chi connectivity index (χ4n) is 6.23. The molecule has 2 aromatic heterocycles. The molecule has 2 N–H and O–H groups in total. The summed E-state index contributed by atoms with van der Waals surface area (Å²) in [4.78, 5) is 46.3. The molecule has 1 aliphatic carbocycles. The lowest BCUT2D eigenvalue weighted by Gasteiger charge is -2.29. The van der Waals surface area contributed by atoms with Gasteiger partial charge in [-0.25, -0.2) is 4.98 Å². The maximum atomic E-state index is 13.1. The number of H-pyrrole nitrogens is 1. The quantitative estimate of drug-likeness (QED) is 0.523. The monoisotopic (exact) mass is 498 g/mol. The van der Waals surface area contributed by atoms with Gasteiger partial charge in [0.1, 0.15) is 11.6 Å². The summed E-state index contributed by atoms with van der Waals surface area (Å²) in [6.45, 7) is 3.45. The molecule has 0 bridgehead atoms. The number of carbonyl (C=O) groups excluding carboxylic acids is 3. The number of hydrogen-bond acceptors (Lipinski definition) is 6. The second kappa shape index (κ2) is 8.76. The molecular weight excluding hydrogens is 468 g/mol. The number of aromatic amines is 1. The van der Waals surface area contributed by atoms with E-state index in [-0.39, 0.29) is 24.1 Å². The second-order valence-electron chi connectivity index (χ2n) is 10.9. The van der Waals surface area contributed by atoms with E-state index in [1.54, 1.807) is 4.90 Å². The first-order valence-electron chi connectivity index (χ1n) is 13.4. The van der Waals surface area contributed by atoms with Gasteiger partial charge >= 0.3 is 0 Å². The Morgan fingerprint density at radius 2 is 1.84 bits per heavy atom. The Bertz CT molecular complexity index is 1440. The van der Waals surface area contributed by atoms with Crippen LogP contribution in [0.15, 0.2) is 24.3 Å². The molecule has 3 fully saturated rings. The lowest BCUT2D eigenvalue weighted by atomic mass is 9.82. The summed E-state index contributed by atoms with van der Waals surface area (Å²) in [5, 5.41) is 10.4. The number of piperidine rings is 1. The summed E-state index contributed by atoms with van der Waals surface area (Å²) < 4.78 is 0. The first-order valence-corrected chi connectivity index (χ1v) is 13.4. The summed E-state index contributed by atoms with van der Waals surface area (Å²) in [6.07, 6.45) is 6.63. The molecule has 9 nitrogen and oxygen atoms in total. The van der Waals surface area contributed by atoms with Crippen LogP contribution in [0.4, 0.5) is 0 Å². The number of carbonyl (C=O) groups is 3. The van der Waals surface area contributed by atoms with Gasteiger partial charge in [-0.3, -0.25) is 29.7 Å². The zero-order valence-electron chi connectivity index (χ0n) is 20.8. The molecule has 3 aromatic rings. The molecule has 1 unspecified atom stereocenters. The molecule has 7 rings (SSSR count). The Hall–Kier alpha value is -3.59. The fourth-order valence-corrected chi connectivity index (χ4v) is 6.23. The lowest BCUT2D eigenvalue weighted by Crippen LogP contribution is -2.52. The van der Waals surface area contributed by atoms with Crippen molar-refractivity contribution in [3.63, 3.8) is 0 Å². The van der Waals surface area contributed by atoms with Crippen LogP contribution in [0.2, 0.25) is 0 Å². The number of aromatic nitrogens is 3. The number of rotatable bonds is 5. The number of benzene rings is 1. The van der Waals surface area contributed by atoms with Gasteiger partial charge in [0, 0.05) is 36.6 Å². The molecule has 0 spiro atoms. The first-order chi connectivity index (χ1) is 18.0. The van der Waals surface area contributed by atoms with Crippen molar-refractivity contribution in [3.8, 4) is 11.3 Å². The minimum absolute atomic E-state index is 0.156. The van der Waals surface area contributed by atoms with Gasteiger partial charge in [-0.05, 0) is 74.5 Å². The zero-order chi connectivity index (χ0) is 25.1. The molecule has 37 heavy (non-hydrogen) atoms. The largest absolute Gasteiger partial charge is 0.322 e. The molecule has 9 heteroatoms. The van der Waals surface area contributed by atoms with Gasteiger partial charge in [-0.1, -0.05) is 12.5 Å². The fraction of sp³-hybridized carbons (Fsp3) is 0.464. The molecule has 1 saturated carbocycles. The number of imide groups is 1. The Kier molecular flexibility index (Phi) is 5.35. The maximum absolute atomic E-state index is 13.1. The van der Waals surface area contributed by atoms with Gasteiger partial charge in [0.2, 0.25) is 11.8 Å². The van der Waals surface area contributed by atoms with Crippen LogP contribution in [0.5, 0.6) is 0 Å². The van der Waals surface area contributed by atoms with Crippen LogP contribution >= 0.6 is 0 Å². The van der Waals surface area contributed by atoms with Gasteiger partial charge in [-0.15, -0.1) is 0 Å². The van der Waals surface area contributed by atoms with Crippen molar-refractivity contribution in [1.29, 1.82) is 0 Å². The van der Waals surface area contributed by atoms with Crippen LogP contribution in [-0.4, -0.2) is 61.8 Å². The Morgan fingerprint density at radius 3 is 2.59 bits per heavy atom. The summed E-state index contributed by atoms with van der Waals surface area (Å²) in [6, 6.07) is 7.41. The SMILES string of the molecule is O=C1CCC(N2Cc3cc(-c4cc(CN5CCCC5)c5[nH]nc(C6CCC6)c5n4)ccc3C2=O)C(=O)N1. The molecule has 3 aliphatic heterocycles. The van der Waals surface area contributed by atoms with E-state index >= 15 is 0 Å². The normalized spacial score (nSPS) is 22.5. The van der Waals surface area contributed by atoms with Crippen LogP contribution in [-0.2, 0) is 22.7 Å². The van der Waals surface area contributed by atoms with E-state index in [0.29, 0.717) is 24.4 Å². The highest BCUT2D eigenvalue weighted by molar-refractivity contribution is 6.05. The number of fused-ring (bicyclic) bond motifs is 2. The number of likely N-dealkylation sites (tertiary alicyclic amines) is 1. The van der Waals surface area contributed by atoms with Crippen molar-refractivity contribution in [2.45, 2.75) is 70.0 Å². The third kappa shape index (κ3) is 3.83. The number of nitrogens with one attached hydrogen (secondary N) is 2. The van der Waals surface area contributed by atoms with Crippen LogP contribution in [0.3, 0.4) is 0 Å². The van der Waals surface area contributed by atoms with E-state index in [9.17, 15) is 14.4 Å². The molecule has 5 heterocycles. The summed E-state index contributed by atoms with van der Waals surface area (Å²) >= 11 is 0. The minimum atomic E-state index is -0.612. The van der Waals surface area contributed by atoms with Crippen LogP contribution in [0.1, 0.15) is 78.0 Å². The van der Waals surface area contributed by atoms with Gasteiger partial charge in [0.15, 0.2) is 0 Å². The van der Waals surface area contributed by atoms with Gasteiger partial charge in [0.25, 0.3) is 5.91 Å². The zero-order valence-corrected chi connectivity index (χ0v) is 20.8. The van der Waals surface area contributed by atoms with Crippen molar-refractivity contribution >= 4 is 28.8 Å². The molecule has 4 aliphatic rings. The van der Waals surface area contributed by atoms with Crippen molar-refractivity contribution in [2.75, 3.05) is 13.1 Å². The predicted octanol–water partition coefficient (Wildman–Crippen LogP) is 3.25. The topological polar surface area (TPSA) is 111 Å². The molecule has 2 saturated heterocycles. The molecule has 1 aromatic carbocycles. The third-order valence-corrected chi connectivity index (χ3v) is 8.54. The van der Waals surface area contributed by atoms with E-state index in [4.69, 9.17) is 10.1 Å². The van der Waals surface area contributed by atoms with Gasteiger partial charge < -0.3 is 4.90 Å². The van der Waals surface area contributed by atoms with Gasteiger partial charge in [-0.2, -0.15) is 5.10 Å². The number of pyridine rings is 1. The third-order valence-electron chi connectivity index (χ3n) is 8.54. The molecule has 190 valence electrons. The molecular formula is C28H30N6O3. The molecule has 3 amide bonds. The maximum Gasteiger partial charge on any atom is 0.255 e. The smallest absolute Gasteiger partial charge is 0.255 e. The van der Waals surface area contributed by atoms with E-state index < -0.39 is 6.04 Å². The highest BCUT2D eigenvalue weighted by atomic mass is 16.2. The number of amides is 3. The minimum Gasteiger partial charge on any atom is -0.322 e. The van der Waals surface area contributed by atoms with Crippen molar-refractivity contribution in [1.82, 2.24) is 30.3 Å². The Balaban J connectivity index is 1.25. The molecule has 1 atom stereocenters. The predicted molar refractivity (Wildman–Crippen MR) is 136 cm³/mol. The standard InChI is InChI=1S/C28H30N6O3/c35-23-9-8-22(27(36)30-23)34-15-18-12-17(6-7-20(18)28(34)37)21-13-19(14-33-10-1-2-11-33)25-26(29-21)24(31-32-25)16-4-3-5-16/h6-7,12-13,16,22H,1-5,8-11,14-15H2,(H,31,32)(H,30,35,36). The van der Waals surface area contributed by atoms with E-state index in [1.165, 1.54) is 24.8 Å². The second-order valence-corrected chi connectivity index (χ2v) is 10.9. The van der Waals surface area contributed by atoms with E-state index in [2.05, 4.69) is 21.4 Å². The van der Waals surface area contributed by atoms with Crippen LogP contribution < -0.4 is 5.32 Å². The van der Waals surface area contributed by atoms with Crippen molar-refractivity contribution in [3.05, 3.63) is 46.6 Å². The summed E-state index contributed by atoms with van der Waals surface area (Å²) in [5.41, 5.74) is 7.65. The van der Waals surface area contributed by atoms with Crippen LogP contribution in [0, 0.1) is 0 Å². The summed E-state index contributed by atoms with van der Waals surface area (Å²) in [7, 11) is 0. The lowest BCUT2D eigenvalue weighted by molar-refractivity contribution is -0.136. The number of hydrogen-bond donors (Lipinski definition) is 2. The van der Waals surface area contributed by atoms with Crippen LogP contribution in [0.25, 0.3) is 22.3 Å². The van der Waals surface area contributed by atoms with E-state index in [0.717, 1.165) is 66.0 Å². The van der Waals surface area contributed by atoms with Crippen molar-refractivity contribution in [2.24, 2.45) is 0 Å². The van der Waals surface area contributed by atoms with E-state index in [1.807, 2.05) is 18.2 Å². The summed E-state index contributed by atoms with van der Waals surface area (Å²) in [5.74, 6) is -0.355. The Morgan fingerprint density at radius 1 is 1.00 bits per heavy atom.